The lowest BCUT2D eigenvalue weighted by Crippen LogP contribution is -2.11. The summed E-state index contributed by atoms with van der Waals surface area (Å²) >= 11 is 0. The van der Waals surface area contributed by atoms with Gasteiger partial charge in [0.25, 0.3) is 5.95 Å². The summed E-state index contributed by atoms with van der Waals surface area (Å²) in [6.07, 6.45) is 3.31. The third kappa shape index (κ3) is 3.11. The van der Waals surface area contributed by atoms with Crippen molar-refractivity contribution in [2.24, 2.45) is 0 Å². The van der Waals surface area contributed by atoms with Gasteiger partial charge in [0, 0.05) is 18.9 Å². The van der Waals surface area contributed by atoms with Crippen LogP contribution >= 0.6 is 0 Å². The zero-order chi connectivity index (χ0) is 14.7. The number of anilines is 2. The number of benzene rings is 1. The highest BCUT2D eigenvalue weighted by molar-refractivity contribution is 5.35. The standard InChI is InChI=1S/C13H12FN7/c14-10-4-1-3-9(7-10)8-16-12-18-11(15)19-13(20-12)21-6-2-5-17-21/h1-7H,8H2,(H3,15,16,18,19,20). The van der Waals surface area contributed by atoms with Gasteiger partial charge < -0.3 is 11.1 Å². The predicted octanol–water partition coefficient (Wildman–Crippen LogP) is 1.39. The molecule has 21 heavy (non-hydrogen) atoms. The molecule has 0 aliphatic rings. The first-order valence-corrected chi connectivity index (χ1v) is 6.20. The van der Waals surface area contributed by atoms with Crippen molar-refractivity contribution in [3.8, 4) is 5.95 Å². The fourth-order valence-electron chi connectivity index (χ4n) is 1.78. The van der Waals surface area contributed by atoms with E-state index >= 15 is 0 Å². The molecule has 2 heterocycles. The Morgan fingerprint density at radius 2 is 2.10 bits per heavy atom. The summed E-state index contributed by atoms with van der Waals surface area (Å²) in [5.41, 5.74) is 6.43. The van der Waals surface area contributed by atoms with Crippen LogP contribution in [-0.4, -0.2) is 24.7 Å². The highest BCUT2D eigenvalue weighted by Gasteiger charge is 2.06. The SMILES string of the molecule is Nc1nc(NCc2cccc(F)c2)nc(-n2cccn2)n1. The molecule has 0 spiro atoms. The summed E-state index contributed by atoms with van der Waals surface area (Å²) < 4.78 is 14.6. The van der Waals surface area contributed by atoms with Crippen LogP contribution in [-0.2, 0) is 6.54 Å². The molecule has 0 saturated carbocycles. The molecular weight excluding hydrogens is 273 g/mol. The van der Waals surface area contributed by atoms with Gasteiger partial charge in [0.1, 0.15) is 5.82 Å². The lowest BCUT2D eigenvalue weighted by atomic mass is 10.2. The number of hydrogen-bond acceptors (Lipinski definition) is 6. The van der Waals surface area contributed by atoms with Crippen LogP contribution in [0.4, 0.5) is 16.3 Å². The Labute approximate surface area is 119 Å². The third-order valence-corrected chi connectivity index (χ3v) is 2.69. The molecule has 0 aliphatic heterocycles. The molecule has 2 aromatic heterocycles. The summed E-state index contributed by atoms with van der Waals surface area (Å²) in [7, 11) is 0. The quantitative estimate of drug-likeness (QED) is 0.752. The van der Waals surface area contributed by atoms with Crippen molar-refractivity contribution in [2.75, 3.05) is 11.1 Å². The molecule has 3 rings (SSSR count). The number of nitrogens with two attached hydrogens (primary N) is 1. The first kappa shape index (κ1) is 13.0. The van der Waals surface area contributed by atoms with E-state index in [1.54, 1.807) is 30.6 Å². The van der Waals surface area contributed by atoms with Crippen LogP contribution < -0.4 is 11.1 Å². The average molecular weight is 285 g/mol. The van der Waals surface area contributed by atoms with Crippen LogP contribution in [0.1, 0.15) is 5.56 Å². The van der Waals surface area contributed by atoms with Crippen molar-refractivity contribution < 1.29 is 4.39 Å². The molecule has 0 saturated heterocycles. The number of nitrogens with one attached hydrogen (secondary N) is 1. The summed E-state index contributed by atoms with van der Waals surface area (Å²) in [5.74, 6) is 0.408. The Kier molecular flexibility index (Phi) is 3.42. The smallest absolute Gasteiger partial charge is 0.257 e. The van der Waals surface area contributed by atoms with Crippen molar-refractivity contribution in [1.82, 2.24) is 24.7 Å². The van der Waals surface area contributed by atoms with Gasteiger partial charge in [0.15, 0.2) is 0 Å². The normalized spacial score (nSPS) is 10.5. The lowest BCUT2D eigenvalue weighted by molar-refractivity contribution is 0.626. The van der Waals surface area contributed by atoms with Crippen molar-refractivity contribution in [2.45, 2.75) is 6.54 Å². The average Bonchev–Trinajstić information content (AvgIpc) is 2.99. The summed E-state index contributed by atoms with van der Waals surface area (Å²) in [6, 6.07) is 8.02. The van der Waals surface area contributed by atoms with E-state index in [0.717, 1.165) is 5.56 Å². The van der Waals surface area contributed by atoms with E-state index in [1.165, 1.54) is 16.8 Å². The summed E-state index contributed by atoms with van der Waals surface area (Å²) in [6.45, 7) is 0.375. The molecule has 0 atom stereocenters. The molecule has 3 aromatic rings. The Bertz CT molecular complexity index is 742. The van der Waals surface area contributed by atoms with Crippen LogP contribution in [0.25, 0.3) is 5.95 Å². The van der Waals surface area contributed by atoms with E-state index in [4.69, 9.17) is 5.73 Å². The molecule has 0 unspecified atom stereocenters. The van der Waals surface area contributed by atoms with Crippen molar-refractivity contribution in [1.29, 1.82) is 0 Å². The summed E-state index contributed by atoms with van der Waals surface area (Å²) in [5, 5.41) is 7.01. The topological polar surface area (TPSA) is 94.5 Å². The van der Waals surface area contributed by atoms with Gasteiger partial charge in [-0.15, -0.1) is 0 Å². The summed E-state index contributed by atoms with van der Waals surface area (Å²) in [4.78, 5) is 12.2. The van der Waals surface area contributed by atoms with Crippen LogP contribution in [0, 0.1) is 5.82 Å². The number of nitrogens with zero attached hydrogens (tertiary/aromatic N) is 5. The molecule has 1 aromatic carbocycles. The number of nitrogen functional groups attached to an aromatic ring is 1. The predicted molar refractivity (Wildman–Crippen MR) is 75.1 cm³/mol. The van der Waals surface area contributed by atoms with E-state index < -0.39 is 0 Å². The lowest BCUT2D eigenvalue weighted by Gasteiger charge is -2.07. The van der Waals surface area contributed by atoms with E-state index in [1.807, 2.05) is 0 Å². The van der Waals surface area contributed by atoms with Crippen molar-refractivity contribution in [3.05, 3.63) is 54.1 Å². The fraction of sp³-hybridized carbons (Fsp3) is 0.0769. The Balaban J connectivity index is 1.79. The zero-order valence-corrected chi connectivity index (χ0v) is 10.9. The molecular formula is C13H12FN7. The Morgan fingerprint density at radius 1 is 1.19 bits per heavy atom. The van der Waals surface area contributed by atoms with E-state index in [0.29, 0.717) is 18.4 Å². The van der Waals surface area contributed by atoms with Gasteiger partial charge in [-0.25, -0.2) is 9.07 Å². The van der Waals surface area contributed by atoms with E-state index in [2.05, 4.69) is 25.4 Å². The van der Waals surface area contributed by atoms with Crippen LogP contribution in [0.5, 0.6) is 0 Å². The molecule has 0 aliphatic carbocycles. The second-order valence-electron chi connectivity index (χ2n) is 4.25. The number of halogens is 1. The van der Waals surface area contributed by atoms with Gasteiger partial charge in [-0.3, -0.25) is 0 Å². The van der Waals surface area contributed by atoms with Crippen LogP contribution in [0.15, 0.2) is 42.7 Å². The van der Waals surface area contributed by atoms with Crippen LogP contribution in [0.3, 0.4) is 0 Å². The van der Waals surface area contributed by atoms with Crippen LogP contribution in [0.2, 0.25) is 0 Å². The highest BCUT2D eigenvalue weighted by atomic mass is 19.1. The molecule has 7 nitrogen and oxygen atoms in total. The van der Waals surface area contributed by atoms with Gasteiger partial charge in [-0.05, 0) is 23.8 Å². The highest BCUT2D eigenvalue weighted by Crippen LogP contribution is 2.09. The van der Waals surface area contributed by atoms with E-state index in [-0.39, 0.29) is 11.8 Å². The second kappa shape index (κ2) is 5.53. The van der Waals surface area contributed by atoms with Crippen molar-refractivity contribution in [3.63, 3.8) is 0 Å². The van der Waals surface area contributed by atoms with Crippen molar-refractivity contribution >= 4 is 11.9 Å². The van der Waals surface area contributed by atoms with Gasteiger partial charge in [-0.1, -0.05) is 12.1 Å². The maximum atomic E-state index is 13.1. The monoisotopic (exact) mass is 285 g/mol. The Hall–Kier alpha value is -3.03. The second-order valence-corrected chi connectivity index (χ2v) is 4.25. The molecule has 0 bridgehead atoms. The molecule has 8 heteroatoms. The fourth-order valence-corrected chi connectivity index (χ4v) is 1.78. The molecule has 106 valence electrons. The number of rotatable bonds is 4. The molecule has 0 radical (unpaired) electrons. The van der Waals surface area contributed by atoms with Gasteiger partial charge in [0.05, 0.1) is 0 Å². The molecule has 3 N–H and O–H groups in total. The minimum absolute atomic E-state index is 0.0808. The maximum Gasteiger partial charge on any atom is 0.257 e. The Morgan fingerprint density at radius 3 is 2.86 bits per heavy atom. The van der Waals surface area contributed by atoms with Gasteiger partial charge in [-0.2, -0.15) is 20.1 Å². The largest absolute Gasteiger partial charge is 0.368 e. The first-order valence-electron chi connectivity index (χ1n) is 6.20. The van der Waals surface area contributed by atoms with Gasteiger partial charge in [0.2, 0.25) is 11.9 Å². The first-order chi connectivity index (χ1) is 10.2. The molecule has 0 fully saturated rings. The zero-order valence-electron chi connectivity index (χ0n) is 10.9. The maximum absolute atomic E-state index is 13.1. The third-order valence-electron chi connectivity index (χ3n) is 2.69. The number of aromatic nitrogens is 5. The van der Waals surface area contributed by atoms with E-state index in [9.17, 15) is 4.39 Å². The van der Waals surface area contributed by atoms with Gasteiger partial charge >= 0.3 is 0 Å². The minimum Gasteiger partial charge on any atom is -0.368 e. The number of hydrogen-bond donors (Lipinski definition) is 2. The molecule has 0 amide bonds. The minimum atomic E-state index is -0.290.